The average molecular weight is 638 g/mol. The number of benzene rings is 2. The number of nitrogens with one attached hydrogen (secondary N) is 1. The number of carboxylic acids is 2. The minimum absolute atomic E-state index is 0.0244. The number of phenols is 1. The van der Waals surface area contributed by atoms with Gasteiger partial charge in [-0.2, -0.15) is 13.2 Å². The second kappa shape index (κ2) is 14.1. The predicted molar refractivity (Wildman–Crippen MR) is 145 cm³/mol. The number of halogens is 5. The Morgan fingerprint density at radius 1 is 1.02 bits per heavy atom. The molecule has 42 heavy (non-hydrogen) atoms. The molecule has 2 aromatic rings. The Labute approximate surface area is 248 Å². The Morgan fingerprint density at radius 2 is 1.62 bits per heavy atom. The van der Waals surface area contributed by atoms with E-state index in [1.165, 1.54) is 12.1 Å². The van der Waals surface area contributed by atoms with E-state index >= 15 is 0 Å². The molecule has 1 amide bonds. The van der Waals surface area contributed by atoms with E-state index in [-0.39, 0.29) is 41.1 Å². The van der Waals surface area contributed by atoms with Crippen LogP contribution < -0.4 is 15.0 Å². The number of likely N-dealkylation sites (tertiary alicyclic amines) is 1. The van der Waals surface area contributed by atoms with Crippen LogP contribution in [-0.2, 0) is 9.59 Å². The van der Waals surface area contributed by atoms with Crippen molar-refractivity contribution in [2.45, 2.75) is 37.2 Å². The summed E-state index contributed by atoms with van der Waals surface area (Å²) in [5.74, 6) is -3.86. The standard InChI is InChI=1S/C24H27Cl2N3O6.C2HF3O2/c25-15-3-1-14(2-4-15)24(34)28-7-5-16(6-8-28)27-18-11-29(12-21(18)31)19-10-20(30)17(26)9-22(19)35-13-23(32)33;3-2(4,5)1(6)7/h1-4,9-10,16,18,21,27,30-31H,5-8,11-13H2,(H,32,33);(H,6,7)/t18?,21-;/m1./s1. The van der Waals surface area contributed by atoms with Gasteiger partial charge in [0.05, 0.1) is 22.9 Å². The Kier molecular flexibility index (Phi) is 11.1. The van der Waals surface area contributed by atoms with Crippen molar-refractivity contribution in [1.82, 2.24) is 10.2 Å². The van der Waals surface area contributed by atoms with Crippen LogP contribution in [0.1, 0.15) is 23.2 Å². The summed E-state index contributed by atoms with van der Waals surface area (Å²) in [5.41, 5.74) is 1.06. The number of aliphatic hydroxyl groups excluding tert-OH is 1. The number of piperidine rings is 1. The first-order valence-electron chi connectivity index (χ1n) is 12.6. The van der Waals surface area contributed by atoms with Gasteiger partial charge in [-0.1, -0.05) is 23.2 Å². The molecule has 2 atom stereocenters. The molecule has 2 aliphatic heterocycles. The first-order chi connectivity index (χ1) is 19.6. The zero-order chi connectivity index (χ0) is 31.2. The lowest BCUT2D eigenvalue weighted by Crippen LogP contribution is -2.50. The predicted octanol–water partition coefficient (Wildman–Crippen LogP) is 3.24. The lowest BCUT2D eigenvalue weighted by Gasteiger charge is -2.34. The number of carbonyl (C=O) groups excluding carboxylic acids is 1. The fraction of sp³-hybridized carbons (Fsp3) is 0.423. The summed E-state index contributed by atoms with van der Waals surface area (Å²) >= 11 is 11.9. The van der Waals surface area contributed by atoms with Crippen molar-refractivity contribution in [2.75, 3.05) is 37.7 Å². The summed E-state index contributed by atoms with van der Waals surface area (Å²) in [4.78, 5) is 36.2. The van der Waals surface area contributed by atoms with Gasteiger partial charge in [-0.05, 0) is 37.1 Å². The highest BCUT2D eigenvalue weighted by Gasteiger charge is 2.38. The number of rotatable bonds is 7. The summed E-state index contributed by atoms with van der Waals surface area (Å²) in [5, 5.41) is 41.0. The zero-order valence-electron chi connectivity index (χ0n) is 21.9. The summed E-state index contributed by atoms with van der Waals surface area (Å²) in [6.07, 6.45) is -4.28. The molecule has 2 heterocycles. The number of carboxylic acid groups (broad SMARTS) is 2. The number of amides is 1. The van der Waals surface area contributed by atoms with Crippen LogP contribution in [0.15, 0.2) is 36.4 Å². The molecule has 230 valence electrons. The van der Waals surface area contributed by atoms with Crippen LogP contribution in [-0.4, -0.2) is 100 Å². The van der Waals surface area contributed by atoms with Crippen molar-refractivity contribution in [3.8, 4) is 11.5 Å². The highest BCUT2D eigenvalue weighted by Crippen LogP contribution is 2.39. The van der Waals surface area contributed by atoms with Gasteiger partial charge in [0.15, 0.2) is 6.61 Å². The van der Waals surface area contributed by atoms with Crippen molar-refractivity contribution in [3.63, 3.8) is 0 Å². The van der Waals surface area contributed by atoms with Gasteiger partial charge in [-0.3, -0.25) is 4.79 Å². The Hall–Kier alpha value is -3.46. The molecule has 4 rings (SSSR count). The van der Waals surface area contributed by atoms with Crippen LogP contribution in [0.2, 0.25) is 10.0 Å². The summed E-state index contributed by atoms with van der Waals surface area (Å²) in [6.45, 7) is 1.35. The van der Waals surface area contributed by atoms with Crippen molar-refractivity contribution in [3.05, 3.63) is 52.0 Å². The van der Waals surface area contributed by atoms with Crippen molar-refractivity contribution < 1.29 is 52.7 Å². The summed E-state index contributed by atoms with van der Waals surface area (Å²) in [7, 11) is 0. The first-order valence-corrected chi connectivity index (χ1v) is 13.3. The largest absolute Gasteiger partial charge is 0.506 e. The quantitative estimate of drug-likeness (QED) is 0.305. The van der Waals surface area contributed by atoms with Crippen molar-refractivity contribution >= 4 is 46.7 Å². The molecule has 0 bridgehead atoms. The molecule has 2 saturated heterocycles. The zero-order valence-corrected chi connectivity index (χ0v) is 23.4. The third kappa shape index (κ3) is 9.02. The summed E-state index contributed by atoms with van der Waals surface area (Å²) in [6, 6.07) is 9.52. The molecule has 0 radical (unpaired) electrons. The van der Waals surface area contributed by atoms with Gasteiger partial charge in [0.1, 0.15) is 11.5 Å². The van der Waals surface area contributed by atoms with Crippen LogP contribution in [0.25, 0.3) is 0 Å². The van der Waals surface area contributed by atoms with Gasteiger partial charge < -0.3 is 40.3 Å². The van der Waals surface area contributed by atoms with Gasteiger partial charge in [0.2, 0.25) is 0 Å². The van der Waals surface area contributed by atoms with Gasteiger partial charge >= 0.3 is 18.1 Å². The normalized spacial score (nSPS) is 19.2. The molecule has 2 fully saturated rings. The fourth-order valence-corrected chi connectivity index (χ4v) is 4.79. The number of aliphatic carboxylic acids is 2. The maximum absolute atomic E-state index is 12.7. The molecule has 0 aliphatic carbocycles. The maximum atomic E-state index is 12.7. The number of hydrogen-bond acceptors (Lipinski definition) is 8. The Bertz CT molecular complexity index is 1270. The average Bonchev–Trinajstić information content (AvgIpc) is 3.28. The van der Waals surface area contributed by atoms with Gasteiger partial charge in [0.25, 0.3) is 5.91 Å². The topological polar surface area (TPSA) is 160 Å². The molecule has 0 saturated carbocycles. The number of phenolic OH excluding ortho intramolecular Hbond substituents is 1. The SMILES string of the molecule is O=C(O)C(F)(F)F.O=C(O)COc1cc(Cl)c(O)cc1N1CC(NC2CCN(C(=O)c3ccc(Cl)cc3)CC2)[C@H](O)C1. The van der Waals surface area contributed by atoms with Gasteiger partial charge in [-0.25, -0.2) is 9.59 Å². The van der Waals surface area contributed by atoms with E-state index in [1.54, 1.807) is 24.3 Å². The molecule has 11 nitrogen and oxygen atoms in total. The smallest absolute Gasteiger partial charge is 0.490 e. The van der Waals surface area contributed by atoms with E-state index in [4.69, 9.17) is 42.9 Å². The number of nitrogens with zero attached hydrogens (tertiary/aromatic N) is 2. The van der Waals surface area contributed by atoms with Crippen LogP contribution in [0.3, 0.4) is 0 Å². The number of β-amino-alcohol motifs (C(OH)–C–C–N with tert-alkyl or cyclic N) is 1. The van der Waals surface area contributed by atoms with Crippen LogP contribution >= 0.6 is 23.2 Å². The van der Waals surface area contributed by atoms with Crippen LogP contribution in [0.4, 0.5) is 18.9 Å². The van der Waals surface area contributed by atoms with Crippen molar-refractivity contribution in [1.29, 1.82) is 0 Å². The minimum Gasteiger partial charge on any atom is -0.506 e. The number of anilines is 1. The van der Waals surface area contributed by atoms with Crippen LogP contribution in [0, 0.1) is 0 Å². The minimum atomic E-state index is -5.08. The van der Waals surface area contributed by atoms with Gasteiger partial charge in [0, 0.05) is 54.9 Å². The highest BCUT2D eigenvalue weighted by atomic mass is 35.5. The molecular weight excluding hydrogens is 610 g/mol. The van der Waals surface area contributed by atoms with E-state index in [0.29, 0.717) is 35.9 Å². The van der Waals surface area contributed by atoms with E-state index < -0.39 is 30.8 Å². The van der Waals surface area contributed by atoms with E-state index in [0.717, 1.165) is 12.8 Å². The third-order valence-corrected chi connectivity index (χ3v) is 7.13. The molecular formula is C26H28Cl2F3N3O8. The number of ether oxygens (including phenoxy) is 1. The van der Waals surface area contributed by atoms with Crippen molar-refractivity contribution in [2.24, 2.45) is 0 Å². The van der Waals surface area contributed by atoms with E-state index in [9.17, 15) is 33.0 Å². The fourth-order valence-electron chi connectivity index (χ4n) is 4.51. The van der Waals surface area contributed by atoms with E-state index in [2.05, 4.69) is 5.32 Å². The second-order valence-corrected chi connectivity index (χ2v) is 10.4. The van der Waals surface area contributed by atoms with Crippen LogP contribution in [0.5, 0.6) is 11.5 Å². The third-order valence-electron chi connectivity index (χ3n) is 6.57. The second-order valence-electron chi connectivity index (χ2n) is 9.58. The molecule has 16 heteroatoms. The first kappa shape index (κ1) is 33.0. The lowest BCUT2D eigenvalue weighted by atomic mass is 10.0. The number of aromatic hydroxyl groups is 1. The Balaban J connectivity index is 0.000000616. The summed E-state index contributed by atoms with van der Waals surface area (Å²) < 4.78 is 37.1. The molecule has 0 aromatic heterocycles. The highest BCUT2D eigenvalue weighted by molar-refractivity contribution is 6.32. The van der Waals surface area contributed by atoms with Gasteiger partial charge in [-0.15, -0.1) is 0 Å². The van der Waals surface area contributed by atoms with E-state index in [1.807, 2.05) is 9.80 Å². The number of alkyl halides is 3. The Morgan fingerprint density at radius 3 is 2.17 bits per heavy atom. The molecule has 5 N–H and O–H groups in total. The number of aliphatic hydroxyl groups is 1. The molecule has 2 aliphatic rings. The lowest BCUT2D eigenvalue weighted by molar-refractivity contribution is -0.192. The molecule has 1 unspecified atom stereocenters. The molecule has 0 spiro atoms. The molecule has 2 aromatic carbocycles. The number of carbonyl (C=O) groups is 3. The monoisotopic (exact) mass is 637 g/mol. The number of hydrogen-bond donors (Lipinski definition) is 5. The maximum Gasteiger partial charge on any atom is 0.490 e.